The van der Waals surface area contributed by atoms with Crippen LogP contribution in [0.3, 0.4) is 0 Å². The molecule has 1 heterocycles. The Bertz CT molecular complexity index is 884. The molecule has 5 nitrogen and oxygen atoms in total. The van der Waals surface area contributed by atoms with Crippen molar-refractivity contribution in [3.8, 4) is 0 Å². The molecular formula is C17H15ClFNO4S. The fourth-order valence-corrected chi connectivity index (χ4v) is 5.02. The minimum atomic E-state index is -4.06. The summed E-state index contributed by atoms with van der Waals surface area (Å²) < 4.78 is 40.3. The third-order valence-corrected chi connectivity index (χ3v) is 6.44. The molecule has 0 saturated carbocycles. The number of benzene rings is 2. The van der Waals surface area contributed by atoms with E-state index in [2.05, 4.69) is 0 Å². The number of hydrogen-bond acceptors (Lipinski definition) is 3. The molecule has 2 aromatic rings. The first-order valence-electron chi connectivity index (χ1n) is 7.58. The highest BCUT2D eigenvalue weighted by Crippen LogP contribution is 2.40. The number of carbonyl (C=O) groups is 1. The van der Waals surface area contributed by atoms with Crippen LogP contribution in [0.15, 0.2) is 53.4 Å². The molecule has 0 aromatic heterocycles. The van der Waals surface area contributed by atoms with E-state index in [0.717, 1.165) is 4.31 Å². The van der Waals surface area contributed by atoms with Crippen molar-refractivity contribution >= 4 is 27.6 Å². The molecule has 0 bridgehead atoms. The van der Waals surface area contributed by atoms with Crippen LogP contribution in [0.25, 0.3) is 0 Å². The van der Waals surface area contributed by atoms with E-state index in [1.807, 2.05) is 0 Å². The highest BCUT2D eigenvalue weighted by atomic mass is 35.5. The predicted molar refractivity (Wildman–Crippen MR) is 90.3 cm³/mol. The number of halogens is 2. The number of carboxylic acid groups (broad SMARTS) is 1. The summed E-state index contributed by atoms with van der Waals surface area (Å²) in [6.07, 6.45) is 0.527. The quantitative estimate of drug-likeness (QED) is 0.877. The van der Waals surface area contributed by atoms with Crippen molar-refractivity contribution in [3.05, 3.63) is 64.9 Å². The van der Waals surface area contributed by atoms with Crippen LogP contribution in [0.4, 0.5) is 4.39 Å². The molecule has 2 unspecified atom stereocenters. The van der Waals surface area contributed by atoms with Gasteiger partial charge >= 0.3 is 5.97 Å². The Morgan fingerprint density at radius 2 is 1.68 bits per heavy atom. The number of hydrogen-bond donors (Lipinski definition) is 1. The van der Waals surface area contributed by atoms with Gasteiger partial charge in [-0.15, -0.1) is 0 Å². The van der Waals surface area contributed by atoms with E-state index in [0.29, 0.717) is 17.0 Å². The van der Waals surface area contributed by atoms with Crippen molar-refractivity contribution < 1.29 is 22.7 Å². The normalized spacial score (nSPS) is 21.4. The van der Waals surface area contributed by atoms with Gasteiger partial charge in [0, 0.05) is 5.02 Å². The van der Waals surface area contributed by atoms with Gasteiger partial charge in [-0.3, -0.25) is 4.79 Å². The lowest BCUT2D eigenvalue weighted by molar-refractivity contribution is -0.140. The Morgan fingerprint density at radius 3 is 2.24 bits per heavy atom. The smallest absolute Gasteiger partial charge is 0.322 e. The lowest BCUT2D eigenvalue weighted by atomic mass is 10.1. The molecular weight excluding hydrogens is 369 g/mol. The van der Waals surface area contributed by atoms with Gasteiger partial charge in [0.15, 0.2) is 0 Å². The molecule has 8 heteroatoms. The Kier molecular flexibility index (Phi) is 4.81. The van der Waals surface area contributed by atoms with Crippen LogP contribution in [0.2, 0.25) is 5.02 Å². The summed E-state index contributed by atoms with van der Waals surface area (Å²) >= 11 is 5.80. The topological polar surface area (TPSA) is 74.7 Å². The first-order chi connectivity index (χ1) is 11.8. The van der Waals surface area contributed by atoms with E-state index in [-0.39, 0.29) is 11.3 Å². The van der Waals surface area contributed by atoms with Crippen LogP contribution in [0, 0.1) is 5.82 Å². The Morgan fingerprint density at radius 1 is 1.08 bits per heavy atom. The first kappa shape index (κ1) is 17.8. The zero-order chi connectivity index (χ0) is 18.2. The summed E-state index contributed by atoms with van der Waals surface area (Å²) in [6.45, 7) is 0. The Balaban J connectivity index is 2.07. The SMILES string of the molecule is O=C(O)C1CCC(c2ccc(F)cc2)N1S(=O)(=O)c1ccc(Cl)cc1. The number of sulfonamides is 1. The lowest BCUT2D eigenvalue weighted by Crippen LogP contribution is -2.41. The molecule has 0 aliphatic carbocycles. The predicted octanol–water partition coefficient (Wildman–Crippen LogP) is 3.46. The largest absolute Gasteiger partial charge is 0.480 e. The van der Waals surface area contributed by atoms with Crippen molar-refractivity contribution in [1.29, 1.82) is 0 Å². The molecule has 1 N–H and O–H groups in total. The van der Waals surface area contributed by atoms with Crippen LogP contribution in [-0.4, -0.2) is 29.8 Å². The summed E-state index contributed by atoms with van der Waals surface area (Å²) in [6, 6.07) is 9.15. The summed E-state index contributed by atoms with van der Waals surface area (Å²) in [5.74, 6) is -1.65. The number of carboxylic acids is 1. The zero-order valence-electron chi connectivity index (χ0n) is 13.0. The third-order valence-electron chi connectivity index (χ3n) is 4.26. The van der Waals surface area contributed by atoms with Gasteiger partial charge in [0.05, 0.1) is 10.9 Å². The number of aliphatic carboxylic acids is 1. The van der Waals surface area contributed by atoms with Gasteiger partial charge in [0.2, 0.25) is 10.0 Å². The molecule has 0 amide bonds. The molecule has 1 saturated heterocycles. The molecule has 0 spiro atoms. The van der Waals surface area contributed by atoms with E-state index in [1.54, 1.807) is 0 Å². The van der Waals surface area contributed by atoms with Gasteiger partial charge in [0.1, 0.15) is 11.9 Å². The highest BCUT2D eigenvalue weighted by Gasteiger charge is 2.46. The molecule has 25 heavy (non-hydrogen) atoms. The third kappa shape index (κ3) is 3.40. The minimum Gasteiger partial charge on any atom is -0.480 e. The van der Waals surface area contributed by atoms with Crippen LogP contribution in [0.5, 0.6) is 0 Å². The van der Waals surface area contributed by atoms with Gasteiger partial charge in [-0.25, -0.2) is 12.8 Å². The fourth-order valence-electron chi connectivity index (χ4n) is 3.08. The Labute approximate surface area is 149 Å². The molecule has 1 fully saturated rings. The van der Waals surface area contributed by atoms with Crippen molar-refractivity contribution in [2.24, 2.45) is 0 Å². The molecule has 1 aliphatic heterocycles. The summed E-state index contributed by atoms with van der Waals surface area (Å²) in [5.41, 5.74) is 0.558. The second kappa shape index (κ2) is 6.74. The van der Waals surface area contributed by atoms with Crippen molar-refractivity contribution in [1.82, 2.24) is 4.31 Å². The van der Waals surface area contributed by atoms with Gasteiger partial charge < -0.3 is 5.11 Å². The van der Waals surface area contributed by atoms with Crippen molar-refractivity contribution in [2.75, 3.05) is 0 Å². The number of nitrogens with zero attached hydrogens (tertiary/aromatic N) is 1. The average molecular weight is 384 g/mol. The zero-order valence-corrected chi connectivity index (χ0v) is 14.5. The summed E-state index contributed by atoms with van der Waals surface area (Å²) in [7, 11) is -4.06. The van der Waals surface area contributed by atoms with E-state index < -0.39 is 33.9 Å². The highest BCUT2D eigenvalue weighted by molar-refractivity contribution is 7.89. The van der Waals surface area contributed by atoms with Crippen LogP contribution >= 0.6 is 11.6 Å². The maximum Gasteiger partial charge on any atom is 0.322 e. The van der Waals surface area contributed by atoms with Crippen LogP contribution in [0.1, 0.15) is 24.4 Å². The van der Waals surface area contributed by atoms with Crippen LogP contribution < -0.4 is 0 Å². The average Bonchev–Trinajstić information content (AvgIpc) is 3.02. The minimum absolute atomic E-state index is 0.0304. The standard InChI is InChI=1S/C17H15ClFNO4S/c18-12-3-7-14(8-4-12)25(23,24)20-15(9-10-16(20)17(21)22)11-1-5-13(19)6-2-11/h1-8,15-16H,9-10H2,(H,21,22). The van der Waals surface area contributed by atoms with E-state index >= 15 is 0 Å². The van der Waals surface area contributed by atoms with Crippen LogP contribution in [-0.2, 0) is 14.8 Å². The molecule has 0 radical (unpaired) electrons. The second-order valence-electron chi connectivity index (χ2n) is 5.79. The molecule has 2 atom stereocenters. The Hall–Kier alpha value is -1.96. The molecule has 3 rings (SSSR count). The van der Waals surface area contributed by atoms with Gasteiger partial charge in [-0.1, -0.05) is 23.7 Å². The van der Waals surface area contributed by atoms with Crippen molar-refractivity contribution in [2.45, 2.75) is 29.8 Å². The maximum absolute atomic E-state index is 13.2. The van der Waals surface area contributed by atoms with Crippen molar-refractivity contribution in [3.63, 3.8) is 0 Å². The molecule has 1 aliphatic rings. The maximum atomic E-state index is 13.2. The molecule has 2 aromatic carbocycles. The summed E-state index contributed by atoms with van der Waals surface area (Å²) in [4.78, 5) is 11.6. The van der Waals surface area contributed by atoms with Gasteiger partial charge in [0.25, 0.3) is 0 Å². The first-order valence-corrected chi connectivity index (χ1v) is 9.40. The number of rotatable bonds is 4. The lowest BCUT2D eigenvalue weighted by Gasteiger charge is -2.27. The van der Waals surface area contributed by atoms with Gasteiger partial charge in [-0.2, -0.15) is 4.31 Å². The van der Waals surface area contributed by atoms with Gasteiger partial charge in [-0.05, 0) is 54.8 Å². The van der Waals surface area contributed by atoms with E-state index in [4.69, 9.17) is 11.6 Å². The fraction of sp³-hybridized carbons (Fsp3) is 0.235. The molecule has 132 valence electrons. The van der Waals surface area contributed by atoms with E-state index in [1.165, 1.54) is 48.5 Å². The second-order valence-corrected chi connectivity index (χ2v) is 8.07. The monoisotopic (exact) mass is 383 g/mol. The van der Waals surface area contributed by atoms with E-state index in [9.17, 15) is 22.7 Å². The summed E-state index contributed by atoms with van der Waals surface area (Å²) in [5, 5.41) is 9.84.